The number of para-hydroxylation sites is 3. The van der Waals surface area contributed by atoms with E-state index in [1.807, 2.05) is 61.1 Å². The molecular formula is C61H38N8. The van der Waals surface area contributed by atoms with Gasteiger partial charge in [-0.2, -0.15) is 0 Å². The first-order chi connectivity index (χ1) is 34.2. The van der Waals surface area contributed by atoms with Gasteiger partial charge in [-0.25, -0.2) is 15.0 Å². The summed E-state index contributed by atoms with van der Waals surface area (Å²) in [4.78, 5) is 25.2. The van der Waals surface area contributed by atoms with Gasteiger partial charge in [0.2, 0.25) is 0 Å². The maximum atomic E-state index is 5.29. The fraction of sp³-hybridized carbons (Fsp3) is 0. The Kier molecular flexibility index (Phi) is 8.72. The third kappa shape index (κ3) is 6.27. The predicted molar refractivity (Wildman–Crippen MR) is 280 cm³/mol. The van der Waals surface area contributed by atoms with Gasteiger partial charge in [0.15, 0.2) is 5.82 Å². The van der Waals surface area contributed by atoms with Gasteiger partial charge in [0.25, 0.3) is 0 Å². The fourth-order valence-electron chi connectivity index (χ4n) is 10.3. The van der Waals surface area contributed by atoms with Crippen molar-refractivity contribution in [3.63, 3.8) is 0 Å². The number of benzene rings is 8. The lowest BCUT2D eigenvalue weighted by atomic mass is 10.1. The number of hydrogen-bond acceptors (Lipinski definition) is 5. The first-order valence-electron chi connectivity index (χ1n) is 23.1. The topological polar surface area (TPSA) is 79.2 Å². The molecule has 0 unspecified atom stereocenters. The molecule has 0 aliphatic carbocycles. The molecule has 8 aromatic carbocycles. The van der Waals surface area contributed by atoms with Crippen LogP contribution in [0, 0.1) is 0 Å². The molecule has 0 radical (unpaired) electrons. The Morgan fingerprint density at radius 3 is 1.54 bits per heavy atom. The lowest BCUT2D eigenvalue weighted by Gasteiger charge is -2.12. The van der Waals surface area contributed by atoms with Gasteiger partial charge in [-0.1, -0.05) is 127 Å². The minimum atomic E-state index is 0.673. The Balaban J connectivity index is 0.871. The summed E-state index contributed by atoms with van der Waals surface area (Å²) < 4.78 is 6.91. The summed E-state index contributed by atoms with van der Waals surface area (Å²) in [6, 6.07) is 74.3. The summed E-state index contributed by atoms with van der Waals surface area (Å²) in [7, 11) is 0. The molecule has 0 N–H and O–H groups in total. The molecule has 14 rings (SSSR count). The van der Waals surface area contributed by atoms with Gasteiger partial charge in [-0.3, -0.25) is 14.5 Å². The maximum Gasteiger partial charge on any atom is 0.162 e. The van der Waals surface area contributed by atoms with E-state index in [-0.39, 0.29) is 0 Å². The minimum absolute atomic E-state index is 0.673. The predicted octanol–water partition coefficient (Wildman–Crippen LogP) is 14.6. The van der Waals surface area contributed by atoms with Gasteiger partial charge in [-0.05, 0) is 78.9 Å². The molecule has 69 heavy (non-hydrogen) atoms. The van der Waals surface area contributed by atoms with Crippen molar-refractivity contribution in [2.45, 2.75) is 0 Å². The van der Waals surface area contributed by atoms with E-state index < -0.39 is 0 Å². The van der Waals surface area contributed by atoms with Gasteiger partial charge in [0, 0.05) is 72.8 Å². The van der Waals surface area contributed by atoms with E-state index in [4.69, 9.17) is 24.9 Å². The molecule has 0 aliphatic heterocycles. The normalized spacial score (nSPS) is 11.8. The number of hydrogen-bond donors (Lipinski definition) is 0. The number of aromatic nitrogens is 8. The maximum absolute atomic E-state index is 5.29. The van der Waals surface area contributed by atoms with Crippen molar-refractivity contribution in [3.05, 3.63) is 231 Å². The third-order valence-corrected chi connectivity index (χ3v) is 13.4. The monoisotopic (exact) mass is 882 g/mol. The van der Waals surface area contributed by atoms with Crippen molar-refractivity contribution < 1.29 is 0 Å². The van der Waals surface area contributed by atoms with Crippen molar-refractivity contribution in [1.29, 1.82) is 0 Å². The summed E-state index contributed by atoms with van der Waals surface area (Å²) in [5.74, 6) is 1.47. The zero-order valence-corrected chi connectivity index (χ0v) is 37.0. The number of fused-ring (bicyclic) bond motifs is 9. The molecule has 0 aliphatic rings. The van der Waals surface area contributed by atoms with Crippen LogP contribution in [0.15, 0.2) is 231 Å². The molecule has 0 amide bonds. The van der Waals surface area contributed by atoms with E-state index in [0.29, 0.717) is 5.82 Å². The molecule has 0 spiro atoms. The molecule has 0 saturated carbocycles. The second-order valence-electron chi connectivity index (χ2n) is 17.4. The summed E-state index contributed by atoms with van der Waals surface area (Å²) in [5.41, 5.74) is 16.1. The Labute approximate surface area is 395 Å². The molecule has 0 fully saturated rings. The first kappa shape index (κ1) is 38.7. The SMILES string of the molecule is c1ccc(-c2cc(-n3c4ccccc4c4cc(-c5cncc(-c6ccc7c(c6)c6ccccc6n7-c6ccc7c(c6)c6ncccc6n7-c6ccccc6)n5)ccc43)nc(-c3ccccc3)n2)cc1. The summed E-state index contributed by atoms with van der Waals surface area (Å²) >= 11 is 0. The fourth-order valence-corrected chi connectivity index (χ4v) is 10.3. The highest BCUT2D eigenvalue weighted by molar-refractivity contribution is 6.13. The Hall–Kier alpha value is -9.53. The standard InChI is InChI=1S/C61H38N8/c1-4-15-39(16-5-1)50-36-59(66-61(65-50)40-17-6-2-7-18-40)69-54-24-13-11-22-46(54)48-34-42(27-30-56(48)69)52-38-62-37-51(64-52)41-26-29-55-47(33-41)45-21-10-12-23-53(45)68(55)44-28-31-57-49(35-44)60-58(25-14-32-63-60)67(57)43-19-8-3-9-20-43/h1-38H. The van der Waals surface area contributed by atoms with E-state index in [9.17, 15) is 0 Å². The largest absolute Gasteiger partial charge is 0.309 e. The third-order valence-electron chi connectivity index (χ3n) is 13.4. The van der Waals surface area contributed by atoms with Crippen LogP contribution >= 0.6 is 0 Å². The molecule has 14 aromatic rings. The lowest BCUT2D eigenvalue weighted by molar-refractivity contribution is 1.05. The highest BCUT2D eigenvalue weighted by Gasteiger charge is 2.20. The molecule has 8 nitrogen and oxygen atoms in total. The number of rotatable bonds is 7. The molecule has 0 bridgehead atoms. The second-order valence-corrected chi connectivity index (χ2v) is 17.4. The zero-order chi connectivity index (χ0) is 45.4. The van der Waals surface area contributed by atoms with Crippen molar-refractivity contribution in [3.8, 4) is 62.4 Å². The van der Waals surface area contributed by atoms with Crippen molar-refractivity contribution in [1.82, 2.24) is 38.6 Å². The van der Waals surface area contributed by atoms with Crippen LogP contribution in [0.4, 0.5) is 0 Å². The van der Waals surface area contributed by atoms with E-state index in [0.717, 1.165) is 117 Å². The van der Waals surface area contributed by atoms with Crippen LogP contribution in [0.25, 0.3) is 128 Å². The van der Waals surface area contributed by atoms with E-state index >= 15 is 0 Å². The van der Waals surface area contributed by atoms with Gasteiger partial charge >= 0.3 is 0 Å². The Morgan fingerprint density at radius 2 is 0.841 bits per heavy atom. The highest BCUT2D eigenvalue weighted by atomic mass is 15.1. The quantitative estimate of drug-likeness (QED) is 0.159. The molecule has 0 atom stereocenters. The van der Waals surface area contributed by atoms with Gasteiger partial charge in [-0.15, -0.1) is 0 Å². The average Bonchev–Trinajstić information content (AvgIpc) is 4.06. The van der Waals surface area contributed by atoms with E-state index in [2.05, 4.69) is 184 Å². The van der Waals surface area contributed by atoms with Crippen LogP contribution in [0.3, 0.4) is 0 Å². The molecule has 6 aromatic heterocycles. The van der Waals surface area contributed by atoms with Crippen LogP contribution < -0.4 is 0 Å². The van der Waals surface area contributed by atoms with E-state index in [1.54, 1.807) is 0 Å². The molecular weight excluding hydrogens is 845 g/mol. The highest BCUT2D eigenvalue weighted by Crippen LogP contribution is 2.39. The van der Waals surface area contributed by atoms with Crippen molar-refractivity contribution >= 4 is 65.5 Å². The van der Waals surface area contributed by atoms with Crippen LogP contribution in [-0.2, 0) is 0 Å². The summed E-state index contributed by atoms with van der Waals surface area (Å²) in [5, 5.41) is 5.64. The summed E-state index contributed by atoms with van der Waals surface area (Å²) in [6.07, 6.45) is 5.60. The molecule has 6 heterocycles. The zero-order valence-electron chi connectivity index (χ0n) is 37.0. The van der Waals surface area contributed by atoms with Gasteiger partial charge in [0.05, 0.1) is 68.1 Å². The minimum Gasteiger partial charge on any atom is -0.309 e. The van der Waals surface area contributed by atoms with Crippen LogP contribution in [-0.4, -0.2) is 38.6 Å². The smallest absolute Gasteiger partial charge is 0.162 e. The van der Waals surface area contributed by atoms with Crippen molar-refractivity contribution in [2.75, 3.05) is 0 Å². The van der Waals surface area contributed by atoms with Crippen molar-refractivity contribution in [2.24, 2.45) is 0 Å². The molecule has 0 saturated heterocycles. The van der Waals surface area contributed by atoms with E-state index in [1.165, 1.54) is 5.39 Å². The van der Waals surface area contributed by atoms with Crippen LogP contribution in [0.2, 0.25) is 0 Å². The number of pyridine rings is 1. The average molecular weight is 883 g/mol. The Morgan fingerprint density at radius 1 is 0.304 bits per heavy atom. The Bertz CT molecular complexity index is 4250. The second kappa shape index (κ2) is 15.5. The van der Waals surface area contributed by atoms with Crippen LogP contribution in [0.5, 0.6) is 0 Å². The summed E-state index contributed by atoms with van der Waals surface area (Å²) in [6.45, 7) is 0. The number of nitrogens with zero attached hydrogens (tertiary/aromatic N) is 8. The lowest BCUT2D eigenvalue weighted by Crippen LogP contribution is -2.02. The van der Waals surface area contributed by atoms with Crippen LogP contribution in [0.1, 0.15) is 0 Å². The molecule has 322 valence electrons. The molecule has 8 heteroatoms. The van der Waals surface area contributed by atoms with Gasteiger partial charge < -0.3 is 9.13 Å². The van der Waals surface area contributed by atoms with Gasteiger partial charge in [0.1, 0.15) is 5.82 Å². The first-order valence-corrected chi connectivity index (χ1v) is 23.1.